The van der Waals surface area contributed by atoms with Crippen LogP contribution in [0, 0.1) is 20.7 Å². The molecule has 1 aromatic rings. The Kier molecular flexibility index (Phi) is 2.83. The number of hydrogen-bond donors (Lipinski definition) is 1. The normalized spacial score (nSPS) is 9.31. The van der Waals surface area contributed by atoms with Crippen molar-refractivity contribution in [2.45, 2.75) is 0 Å². The fraction of sp³-hybridized carbons (Fsp3) is 0. The maximum Gasteiger partial charge on any atom is 0.337 e. The van der Waals surface area contributed by atoms with E-state index in [0.29, 0.717) is 0 Å². The van der Waals surface area contributed by atoms with Gasteiger partial charge >= 0.3 is 5.97 Å². The average Bonchev–Trinajstić information content (AvgIpc) is 2.08. The van der Waals surface area contributed by atoms with Crippen molar-refractivity contribution in [2.75, 3.05) is 0 Å². The molecule has 0 unspecified atom stereocenters. The highest BCUT2D eigenvalue weighted by molar-refractivity contribution is 14.1. The molecule has 0 amide bonds. The molecule has 66 valence electrons. The van der Waals surface area contributed by atoms with E-state index < -0.39 is 11.8 Å². The second-order valence-electron chi connectivity index (χ2n) is 2.23. The van der Waals surface area contributed by atoms with Gasteiger partial charge in [-0.15, -0.1) is 0 Å². The summed E-state index contributed by atoms with van der Waals surface area (Å²) in [6.45, 7) is 0. The summed E-state index contributed by atoms with van der Waals surface area (Å²) in [7, 11) is 0. The largest absolute Gasteiger partial charge is 0.478 e. The summed E-state index contributed by atoms with van der Waals surface area (Å²) in [4.78, 5) is 10.5. The van der Waals surface area contributed by atoms with Gasteiger partial charge in [-0.25, -0.2) is 9.18 Å². The highest BCUT2D eigenvalue weighted by Crippen LogP contribution is 2.17. The second kappa shape index (κ2) is 3.70. The fourth-order valence-corrected chi connectivity index (χ4v) is 1.28. The molecule has 0 fully saturated rings. The van der Waals surface area contributed by atoms with Crippen molar-refractivity contribution in [3.8, 4) is 6.07 Å². The first-order chi connectivity index (χ1) is 6.06. The summed E-state index contributed by atoms with van der Waals surface area (Å²) in [6.07, 6.45) is 0. The zero-order chi connectivity index (χ0) is 10.0. The van der Waals surface area contributed by atoms with Crippen molar-refractivity contribution in [3.63, 3.8) is 0 Å². The van der Waals surface area contributed by atoms with Crippen LogP contribution in [0.4, 0.5) is 4.39 Å². The molecular formula is C8H3FINO2. The van der Waals surface area contributed by atoms with Crippen molar-refractivity contribution in [2.24, 2.45) is 0 Å². The monoisotopic (exact) mass is 291 g/mol. The van der Waals surface area contributed by atoms with Crippen LogP contribution in [0.3, 0.4) is 0 Å². The minimum absolute atomic E-state index is 0.0294. The molecule has 3 nitrogen and oxygen atoms in total. The summed E-state index contributed by atoms with van der Waals surface area (Å²) in [5.74, 6) is -1.93. The lowest BCUT2D eigenvalue weighted by Gasteiger charge is -1.99. The number of rotatable bonds is 1. The molecule has 0 aliphatic carbocycles. The maximum atomic E-state index is 12.9. The lowest BCUT2D eigenvalue weighted by molar-refractivity contribution is 0.0696. The lowest BCUT2D eigenvalue weighted by atomic mass is 10.1. The van der Waals surface area contributed by atoms with E-state index in [2.05, 4.69) is 0 Å². The number of carbonyl (C=O) groups is 1. The van der Waals surface area contributed by atoms with E-state index in [1.54, 1.807) is 28.7 Å². The Hall–Kier alpha value is -1.16. The first-order valence-corrected chi connectivity index (χ1v) is 4.26. The van der Waals surface area contributed by atoms with Crippen molar-refractivity contribution in [1.82, 2.24) is 0 Å². The van der Waals surface area contributed by atoms with E-state index >= 15 is 0 Å². The van der Waals surface area contributed by atoms with Crippen LogP contribution in [0.1, 0.15) is 15.9 Å². The first-order valence-electron chi connectivity index (χ1n) is 3.18. The third-order valence-electron chi connectivity index (χ3n) is 1.41. The summed E-state index contributed by atoms with van der Waals surface area (Å²) < 4.78 is 13.1. The fourth-order valence-electron chi connectivity index (χ4n) is 0.816. The number of nitriles is 1. The molecular weight excluding hydrogens is 288 g/mol. The summed E-state index contributed by atoms with van der Waals surface area (Å²) in [6, 6.07) is 3.75. The van der Waals surface area contributed by atoms with Gasteiger partial charge in [-0.2, -0.15) is 5.26 Å². The summed E-state index contributed by atoms with van der Waals surface area (Å²) in [5, 5.41) is 17.1. The Labute approximate surface area is 86.9 Å². The van der Waals surface area contributed by atoms with Gasteiger partial charge in [0, 0.05) is 0 Å². The van der Waals surface area contributed by atoms with Gasteiger partial charge in [0.05, 0.1) is 14.7 Å². The average molecular weight is 291 g/mol. The predicted octanol–water partition coefficient (Wildman–Crippen LogP) is 2.00. The molecule has 0 radical (unpaired) electrons. The quantitative estimate of drug-likeness (QED) is 0.805. The van der Waals surface area contributed by atoms with Crippen LogP contribution in [0.2, 0.25) is 0 Å². The topological polar surface area (TPSA) is 61.1 Å². The molecule has 0 saturated carbocycles. The number of carboxylic acid groups (broad SMARTS) is 1. The third kappa shape index (κ3) is 1.95. The van der Waals surface area contributed by atoms with Gasteiger partial charge in [0.25, 0.3) is 0 Å². The molecule has 5 heteroatoms. The van der Waals surface area contributed by atoms with Crippen LogP contribution < -0.4 is 0 Å². The minimum atomic E-state index is -1.30. The van der Waals surface area contributed by atoms with Crippen molar-refractivity contribution in [1.29, 1.82) is 5.26 Å². The van der Waals surface area contributed by atoms with Crippen LogP contribution in [-0.2, 0) is 0 Å². The maximum absolute atomic E-state index is 12.9. The number of halogens is 2. The predicted molar refractivity (Wildman–Crippen MR) is 50.8 cm³/mol. The smallest absolute Gasteiger partial charge is 0.337 e. The van der Waals surface area contributed by atoms with E-state index in [1.165, 1.54) is 6.07 Å². The second-order valence-corrected chi connectivity index (χ2v) is 3.39. The molecule has 0 aliphatic rings. The van der Waals surface area contributed by atoms with Crippen LogP contribution in [0.25, 0.3) is 0 Å². The number of hydrogen-bond acceptors (Lipinski definition) is 2. The molecule has 0 saturated heterocycles. The SMILES string of the molecule is N#Cc1cc(I)c(F)cc1C(=O)O. The van der Waals surface area contributed by atoms with Gasteiger partial charge in [0.2, 0.25) is 0 Å². The van der Waals surface area contributed by atoms with E-state index in [1.807, 2.05) is 0 Å². The Bertz CT molecular complexity index is 411. The van der Waals surface area contributed by atoms with Crippen molar-refractivity contribution >= 4 is 28.6 Å². The molecule has 0 spiro atoms. The Morgan fingerprint density at radius 1 is 1.62 bits per heavy atom. The Morgan fingerprint density at radius 3 is 2.69 bits per heavy atom. The van der Waals surface area contributed by atoms with Gasteiger partial charge in [-0.1, -0.05) is 0 Å². The highest BCUT2D eigenvalue weighted by atomic mass is 127. The molecule has 0 aliphatic heterocycles. The number of nitrogens with zero attached hydrogens (tertiary/aromatic N) is 1. The molecule has 0 aromatic heterocycles. The number of benzene rings is 1. The highest BCUT2D eigenvalue weighted by Gasteiger charge is 2.13. The lowest BCUT2D eigenvalue weighted by Crippen LogP contribution is -2.02. The zero-order valence-electron chi connectivity index (χ0n) is 6.21. The third-order valence-corrected chi connectivity index (χ3v) is 2.24. The van der Waals surface area contributed by atoms with Gasteiger partial charge in [-0.05, 0) is 34.7 Å². The molecule has 0 heterocycles. The molecule has 1 N–H and O–H groups in total. The standard InChI is InChI=1S/C8H3FINO2/c9-6-2-5(8(12)13)4(3-11)1-7(6)10/h1-2H,(H,12,13). The Balaban J connectivity index is 3.44. The Morgan fingerprint density at radius 2 is 2.23 bits per heavy atom. The van der Waals surface area contributed by atoms with Crippen LogP contribution >= 0.6 is 22.6 Å². The molecule has 0 bridgehead atoms. The van der Waals surface area contributed by atoms with Crippen molar-refractivity contribution in [3.05, 3.63) is 32.6 Å². The van der Waals surface area contributed by atoms with E-state index in [0.717, 1.165) is 6.07 Å². The molecule has 13 heavy (non-hydrogen) atoms. The van der Waals surface area contributed by atoms with E-state index in [-0.39, 0.29) is 14.7 Å². The van der Waals surface area contributed by atoms with Gasteiger partial charge in [0.1, 0.15) is 11.9 Å². The van der Waals surface area contributed by atoms with Crippen LogP contribution in [0.5, 0.6) is 0 Å². The van der Waals surface area contributed by atoms with Gasteiger partial charge in [-0.3, -0.25) is 0 Å². The molecule has 1 aromatic carbocycles. The minimum Gasteiger partial charge on any atom is -0.478 e. The van der Waals surface area contributed by atoms with E-state index in [9.17, 15) is 9.18 Å². The number of carboxylic acids is 1. The van der Waals surface area contributed by atoms with Crippen LogP contribution in [0.15, 0.2) is 12.1 Å². The molecule has 0 atom stereocenters. The van der Waals surface area contributed by atoms with Gasteiger partial charge < -0.3 is 5.11 Å². The zero-order valence-corrected chi connectivity index (χ0v) is 8.37. The molecule has 1 rings (SSSR count). The van der Waals surface area contributed by atoms with Gasteiger partial charge in [0.15, 0.2) is 0 Å². The van der Waals surface area contributed by atoms with Crippen molar-refractivity contribution < 1.29 is 14.3 Å². The number of aromatic carboxylic acids is 1. The summed E-state index contributed by atoms with van der Waals surface area (Å²) in [5.41, 5.74) is -0.335. The van der Waals surface area contributed by atoms with E-state index in [4.69, 9.17) is 10.4 Å². The van der Waals surface area contributed by atoms with Crippen LogP contribution in [-0.4, -0.2) is 11.1 Å². The summed E-state index contributed by atoms with van der Waals surface area (Å²) >= 11 is 1.69. The first kappa shape index (κ1) is 9.92.